The van der Waals surface area contributed by atoms with Crippen LogP contribution in [0.25, 0.3) is 12.2 Å². The van der Waals surface area contributed by atoms with Crippen molar-refractivity contribution in [1.82, 2.24) is 0 Å². The van der Waals surface area contributed by atoms with Gasteiger partial charge in [0, 0.05) is 5.69 Å². The molecule has 0 unspecified atom stereocenters. The molecule has 0 aliphatic heterocycles. The highest BCUT2D eigenvalue weighted by atomic mass is 32.1. The second-order valence-electron chi connectivity index (χ2n) is 7.38. The zero-order valence-corrected chi connectivity index (χ0v) is 19.4. The van der Waals surface area contributed by atoms with Gasteiger partial charge < -0.3 is 20.1 Å². The van der Waals surface area contributed by atoms with Gasteiger partial charge in [-0.25, -0.2) is 0 Å². The van der Waals surface area contributed by atoms with Crippen LogP contribution < -0.4 is 20.1 Å². The van der Waals surface area contributed by atoms with Gasteiger partial charge in [-0.2, -0.15) is 0 Å². The highest BCUT2D eigenvalue weighted by Gasteiger charge is 2.07. The molecule has 3 aromatic rings. The Balaban J connectivity index is 1.76. The summed E-state index contributed by atoms with van der Waals surface area (Å²) >= 11 is 5.49. The van der Waals surface area contributed by atoms with Crippen molar-refractivity contribution < 1.29 is 9.47 Å². The van der Waals surface area contributed by atoms with E-state index < -0.39 is 0 Å². The average molecular weight is 433 g/mol. The molecule has 0 saturated heterocycles. The molecule has 0 fully saturated rings. The van der Waals surface area contributed by atoms with Crippen LogP contribution in [0.2, 0.25) is 0 Å². The normalized spacial score (nSPS) is 10.7. The predicted molar refractivity (Wildman–Crippen MR) is 135 cm³/mol. The van der Waals surface area contributed by atoms with E-state index in [2.05, 4.69) is 55.7 Å². The lowest BCUT2D eigenvalue weighted by molar-refractivity contribution is 0.415. The molecule has 0 spiro atoms. The fourth-order valence-electron chi connectivity index (χ4n) is 3.24. The van der Waals surface area contributed by atoms with Crippen LogP contribution in [0.5, 0.6) is 11.5 Å². The van der Waals surface area contributed by atoms with E-state index in [-0.39, 0.29) is 0 Å². The van der Waals surface area contributed by atoms with Gasteiger partial charge in [-0.3, -0.25) is 0 Å². The minimum atomic E-state index is 0.481. The van der Waals surface area contributed by atoms with E-state index in [0.29, 0.717) is 5.11 Å². The number of hydrogen-bond donors (Lipinski definition) is 2. The van der Waals surface area contributed by atoms with E-state index in [1.807, 2.05) is 42.5 Å². The number of ether oxygens (including phenoxy) is 2. The molecule has 0 aliphatic carbocycles. The lowest BCUT2D eigenvalue weighted by Crippen LogP contribution is -2.19. The lowest BCUT2D eigenvalue weighted by Gasteiger charge is -2.14. The van der Waals surface area contributed by atoms with Gasteiger partial charge in [0.1, 0.15) is 11.5 Å². The number of aryl methyl sites for hydroxylation is 2. The van der Waals surface area contributed by atoms with E-state index in [0.717, 1.165) is 28.4 Å². The molecule has 0 aromatic heterocycles. The summed E-state index contributed by atoms with van der Waals surface area (Å²) in [6.07, 6.45) is 4.22. The molecule has 160 valence electrons. The van der Waals surface area contributed by atoms with Crippen molar-refractivity contribution in [1.29, 1.82) is 0 Å². The third-order valence-electron chi connectivity index (χ3n) is 5.24. The Kier molecular flexibility index (Phi) is 7.32. The third kappa shape index (κ3) is 5.86. The zero-order valence-electron chi connectivity index (χ0n) is 18.6. The number of rotatable bonds is 6. The van der Waals surface area contributed by atoms with Crippen molar-refractivity contribution in [2.45, 2.75) is 20.8 Å². The molecule has 31 heavy (non-hydrogen) atoms. The largest absolute Gasteiger partial charge is 0.497 e. The van der Waals surface area contributed by atoms with Gasteiger partial charge >= 0.3 is 0 Å². The number of hydrogen-bond acceptors (Lipinski definition) is 3. The van der Waals surface area contributed by atoms with E-state index in [1.165, 1.54) is 22.3 Å². The smallest absolute Gasteiger partial charge is 0.175 e. The molecule has 2 N–H and O–H groups in total. The fraction of sp³-hybridized carbons (Fsp3) is 0.192. The molecule has 4 nitrogen and oxygen atoms in total. The second-order valence-corrected chi connectivity index (χ2v) is 7.79. The Hall–Kier alpha value is -3.31. The van der Waals surface area contributed by atoms with Crippen LogP contribution in [0.3, 0.4) is 0 Å². The molecule has 0 atom stereocenters. The van der Waals surface area contributed by atoms with Crippen LogP contribution in [0.15, 0.2) is 54.6 Å². The maximum atomic E-state index is 5.50. The summed E-state index contributed by atoms with van der Waals surface area (Å²) in [5.74, 6) is 1.52. The van der Waals surface area contributed by atoms with Crippen molar-refractivity contribution in [3.63, 3.8) is 0 Å². The summed E-state index contributed by atoms with van der Waals surface area (Å²) in [5.41, 5.74) is 7.84. The van der Waals surface area contributed by atoms with Crippen molar-refractivity contribution in [3.8, 4) is 11.5 Å². The van der Waals surface area contributed by atoms with Gasteiger partial charge in [0.2, 0.25) is 0 Å². The third-order valence-corrected chi connectivity index (χ3v) is 5.44. The quantitative estimate of drug-likeness (QED) is 0.339. The van der Waals surface area contributed by atoms with Crippen molar-refractivity contribution in [2.75, 3.05) is 24.9 Å². The summed E-state index contributed by atoms with van der Waals surface area (Å²) in [7, 11) is 3.29. The second kappa shape index (κ2) is 10.1. The van der Waals surface area contributed by atoms with Gasteiger partial charge in [0.15, 0.2) is 5.11 Å². The minimum absolute atomic E-state index is 0.481. The van der Waals surface area contributed by atoms with Crippen LogP contribution in [0.4, 0.5) is 11.4 Å². The first-order valence-electron chi connectivity index (χ1n) is 10.1. The van der Waals surface area contributed by atoms with Crippen LogP contribution in [0.1, 0.15) is 27.8 Å². The molecule has 3 rings (SSSR count). The van der Waals surface area contributed by atoms with Gasteiger partial charge in [-0.1, -0.05) is 30.4 Å². The Morgan fingerprint density at radius 1 is 0.774 bits per heavy atom. The molecule has 0 saturated carbocycles. The highest BCUT2D eigenvalue weighted by Crippen LogP contribution is 2.27. The summed E-state index contributed by atoms with van der Waals surface area (Å²) in [4.78, 5) is 0. The molecule has 5 heteroatoms. The topological polar surface area (TPSA) is 42.5 Å². The van der Waals surface area contributed by atoms with Gasteiger partial charge in [-0.15, -0.1) is 0 Å². The monoisotopic (exact) mass is 432 g/mol. The van der Waals surface area contributed by atoms with Gasteiger partial charge in [0.25, 0.3) is 0 Å². The van der Waals surface area contributed by atoms with Crippen LogP contribution >= 0.6 is 12.2 Å². The number of anilines is 2. The Bertz CT molecular complexity index is 1080. The molecular weight excluding hydrogens is 404 g/mol. The molecule has 0 radical (unpaired) electrons. The molecular formula is C26H28N2O2S. The summed E-state index contributed by atoms with van der Waals surface area (Å²) in [6.45, 7) is 6.44. The van der Waals surface area contributed by atoms with E-state index >= 15 is 0 Å². The molecule has 0 bridgehead atoms. The summed E-state index contributed by atoms with van der Waals surface area (Å²) < 4.78 is 10.7. The number of benzene rings is 3. The summed E-state index contributed by atoms with van der Waals surface area (Å²) in [6, 6.07) is 18.0. The molecule has 0 amide bonds. The first kappa shape index (κ1) is 22.4. The zero-order chi connectivity index (χ0) is 22.4. The predicted octanol–water partition coefficient (Wildman–Crippen LogP) is 6.61. The lowest BCUT2D eigenvalue weighted by atomic mass is 10.00. The van der Waals surface area contributed by atoms with Gasteiger partial charge in [0.05, 0.1) is 19.9 Å². The van der Waals surface area contributed by atoms with E-state index in [9.17, 15) is 0 Å². The maximum Gasteiger partial charge on any atom is 0.175 e. The Morgan fingerprint density at radius 3 is 2.03 bits per heavy atom. The first-order valence-corrected chi connectivity index (χ1v) is 10.5. The maximum absolute atomic E-state index is 5.50. The van der Waals surface area contributed by atoms with Crippen molar-refractivity contribution in [3.05, 3.63) is 82.4 Å². The Morgan fingerprint density at radius 2 is 1.42 bits per heavy atom. The average Bonchev–Trinajstić information content (AvgIpc) is 2.76. The number of methoxy groups -OCH3 is 2. The standard InChI is InChI=1S/C26H28N2O2S/c1-17-14-21(15-18(2)19(17)3)7-6-20-8-13-25(30-5)24(16-20)28-26(31)27-22-9-11-23(29-4)12-10-22/h6-16H,1-5H3,(H2,27,28,31). The molecule has 3 aromatic carbocycles. The molecule has 0 aliphatic rings. The Labute approximate surface area is 189 Å². The highest BCUT2D eigenvalue weighted by molar-refractivity contribution is 7.80. The van der Waals surface area contributed by atoms with Crippen LogP contribution in [-0.2, 0) is 0 Å². The van der Waals surface area contributed by atoms with Gasteiger partial charge in [-0.05, 0) is 97.2 Å². The SMILES string of the molecule is COc1ccc(NC(=S)Nc2cc(C=Cc3cc(C)c(C)c(C)c3)ccc2OC)cc1. The minimum Gasteiger partial charge on any atom is -0.497 e. The fourth-order valence-corrected chi connectivity index (χ4v) is 3.47. The number of thiocarbonyl (C=S) groups is 1. The van der Waals surface area contributed by atoms with Crippen LogP contribution in [-0.4, -0.2) is 19.3 Å². The van der Waals surface area contributed by atoms with E-state index in [1.54, 1.807) is 14.2 Å². The van der Waals surface area contributed by atoms with Crippen LogP contribution in [0, 0.1) is 20.8 Å². The van der Waals surface area contributed by atoms with Crippen molar-refractivity contribution in [2.24, 2.45) is 0 Å². The van der Waals surface area contributed by atoms with Crippen molar-refractivity contribution >= 4 is 40.9 Å². The molecule has 0 heterocycles. The first-order chi connectivity index (χ1) is 14.9. The van der Waals surface area contributed by atoms with E-state index in [4.69, 9.17) is 21.7 Å². The number of nitrogens with one attached hydrogen (secondary N) is 2. The summed E-state index contributed by atoms with van der Waals surface area (Å²) in [5, 5.41) is 6.89.